The van der Waals surface area contributed by atoms with Crippen LogP contribution in [-0.4, -0.2) is 46.0 Å². The van der Waals surface area contributed by atoms with Gasteiger partial charge in [0.2, 0.25) is 11.8 Å². The first-order valence-electron chi connectivity index (χ1n) is 8.39. The van der Waals surface area contributed by atoms with Gasteiger partial charge in [-0.25, -0.2) is 0 Å². The molecule has 7 heteroatoms. The summed E-state index contributed by atoms with van der Waals surface area (Å²) < 4.78 is 0. The standard InChI is InChI=1S/C17H20N4O2S/c22-16(10-12-4-3-9-24-12)20-7-2-6-14(20)17(23)21-8-1-5-13-15(21)11-18-19-13/h3-4,9,11,14H,1-2,5-8,10H2,(H,18,19)/t14-/m1/s1. The number of aromatic nitrogens is 2. The summed E-state index contributed by atoms with van der Waals surface area (Å²) in [6.07, 6.45) is 5.59. The Bertz CT molecular complexity index is 740. The number of fused-ring (bicyclic) bond motifs is 1. The molecule has 6 nitrogen and oxygen atoms in total. The van der Waals surface area contributed by atoms with Gasteiger partial charge in [-0.05, 0) is 37.1 Å². The summed E-state index contributed by atoms with van der Waals surface area (Å²) in [6, 6.07) is 3.59. The van der Waals surface area contributed by atoms with Crippen LogP contribution in [0.1, 0.15) is 29.8 Å². The molecule has 0 aromatic carbocycles. The number of carbonyl (C=O) groups excluding carboxylic acids is 2. The zero-order chi connectivity index (χ0) is 16.5. The Morgan fingerprint density at radius 3 is 3.08 bits per heavy atom. The van der Waals surface area contributed by atoms with Crippen molar-refractivity contribution in [2.45, 2.75) is 38.1 Å². The van der Waals surface area contributed by atoms with Crippen LogP contribution in [0, 0.1) is 0 Å². The minimum atomic E-state index is -0.335. The first-order valence-corrected chi connectivity index (χ1v) is 9.27. The molecule has 126 valence electrons. The molecule has 24 heavy (non-hydrogen) atoms. The van der Waals surface area contributed by atoms with Gasteiger partial charge in [0.05, 0.1) is 24.0 Å². The number of amides is 2. The van der Waals surface area contributed by atoms with E-state index in [1.165, 1.54) is 0 Å². The van der Waals surface area contributed by atoms with Crippen LogP contribution in [-0.2, 0) is 22.4 Å². The van der Waals surface area contributed by atoms with Gasteiger partial charge in [0.1, 0.15) is 6.04 Å². The Balaban J connectivity index is 1.51. The van der Waals surface area contributed by atoms with Crippen LogP contribution in [0.25, 0.3) is 0 Å². The lowest BCUT2D eigenvalue weighted by atomic mass is 10.1. The van der Waals surface area contributed by atoms with E-state index in [4.69, 9.17) is 0 Å². The third-order valence-corrected chi connectivity index (χ3v) is 5.70. The lowest BCUT2D eigenvalue weighted by Crippen LogP contribution is -2.49. The number of anilines is 1. The number of nitrogens with zero attached hydrogens (tertiary/aromatic N) is 3. The first-order chi connectivity index (χ1) is 11.7. The van der Waals surface area contributed by atoms with Crippen molar-refractivity contribution >= 4 is 28.8 Å². The van der Waals surface area contributed by atoms with Crippen molar-refractivity contribution in [1.82, 2.24) is 15.1 Å². The van der Waals surface area contributed by atoms with Crippen LogP contribution in [0.2, 0.25) is 0 Å². The maximum absolute atomic E-state index is 13.1. The number of hydrogen-bond acceptors (Lipinski definition) is 4. The second-order valence-corrected chi connectivity index (χ2v) is 7.36. The molecule has 0 aliphatic carbocycles. The Hall–Kier alpha value is -2.15. The minimum Gasteiger partial charge on any atom is -0.330 e. The maximum atomic E-state index is 13.1. The molecule has 0 radical (unpaired) electrons. The molecule has 2 aromatic rings. The Kier molecular flexibility index (Phi) is 4.10. The van der Waals surface area contributed by atoms with E-state index >= 15 is 0 Å². The second-order valence-electron chi connectivity index (χ2n) is 6.33. The molecule has 0 spiro atoms. The summed E-state index contributed by atoms with van der Waals surface area (Å²) in [4.78, 5) is 30.4. The highest BCUT2D eigenvalue weighted by Gasteiger charge is 2.38. The van der Waals surface area contributed by atoms with E-state index in [0.29, 0.717) is 19.5 Å². The van der Waals surface area contributed by atoms with E-state index in [1.54, 1.807) is 22.4 Å². The highest BCUT2D eigenvalue weighted by molar-refractivity contribution is 7.10. The van der Waals surface area contributed by atoms with Crippen molar-refractivity contribution in [3.05, 3.63) is 34.3 Å². The van der Waals surface area contributed by atoms with Gasteiger partial charge in [-0.2, -0.15) is 5.10 Å². The van der Waals surface area contributed by atoms with Gasteiger partial charge in [-0.3, -0.25) is 14.7 Å². The fraction of sp³-hybridized carbons (Fsp3) is 0.471. The number of aryl methyl sites for hydroxylation is 1. The van der Waals surface area contributed by atoms with Gasteiger partial charge in [0.25, 0.3) is 0 Å². The number of likely N-dealkylation sites (tertiary alicyclic amines) is 1. The van der Waals surface area contributed by atoms with Crippen molar-refractivity contribution in [2.24, 2.45) is 0 Å². The van der Waals surface area contributed by atoms with Crippen LogP contribution in [0.15, 0.2) is 23.7 Å². The van der Waals surface area contributed by atoms with Gasteiger partial charge < -0.3 is 9.80 Å². The van der Waals surface area contributed by atoms with Crippen LogP contribution in [0.4, 0.5) is 5.69 Å². The smallest absolute Gasteiger partial charge is 0.249 e. The molecule has 2 aromatic heterocycles. The average molecular weight is 344 g/mol. The lowest BCUT2D eigenvalue weighted by molar-refractivity contribution is -0.136. The van der Waals surface area contributed by atoms with Crippen LogP contribution >= 0.6 is 11.3 Å². The molecule has 0 unspecified atom stereocenters. The van der Waals surface area contributed by atoms with Crippen LogP contribution < -0.4 is 4.90 Å². The quantitative estimate of drug-likeness (QED) is 0.926. The monoisotopic (exact) mass is 344 g/mol. The molecule has 1 N–H and O–H groups in total. The molecule has 0 bridgehead atoms. The summed E-state index contributed by atoms with van der Waals surface area (Å²) in [5, 5.41) is 9.02. The molecule has 4 heterocycles. The third-order valence-electron chi connectivity index (χ3n) is 4.82. The zero-order valence-corrected chi connectivity index (χ0v) is 14.2. The lowest BCUT2D eigenvalue weighted by Gasteiger charge is -2.32. The van der Waals surface area contributed by atoms with Gasteiger partial charge in [0, 0.05) is 18.0 Å². The summed E-state index contributed by atoms with van der Waals surface area (Å²) in [6.45, 7) is 1.38. The van der Waals surface area contributed by atoms with Gasteiger partial charge >= 0.3 is 0 Å². The number of H-pyrrole nitrogens is 1. The van der Waals surface area contributed by atoms with E-state index in [-0.39, 0.29) is 17.9 Å². The van der Waals surface area contributed by atoms with Gasteiger partial charge in [-0.1, -0.05) is 6.07 Å². The molecular formula is C17H20N4O2S. The van der Waals surface area contributed by atoms with Gasteiger partial charge in [-0.15, -0.1) is 11.3 Å². The van der Waals surface area contributed by atoms with Crippen molar-refractivity contribution in [1.29, 1.82) is 0 Å². The first kappa shape index (κ1) is 15.4. The van der Waals surface area contributed by atoms with E-state index in [0.717, 1.165) is 41.9 Å². The number of carbonyl (C=O) groups is 2. The molecule has 1 saturated heterocycles. The number of nitrogens with one attached hydrogen (secondary N) is 1. The maximum Gasteiger partial charge on any atom is 0.249 e. The van der Waals surface area contributed by atoms with E-state index in [1.807, 2.05) is 22.4 Å². The SMILES string of the molecule is O=C([C@H]1CCCN1C(=O)Cc1cccs1)N1CCCc2[nH]ncc21. The highest BCUT2D eigenvalue weighted by Crippen LogP contribution is 2.29. The summed E-state index contributed by atoms with van der Waals surface area (Å²) >= 11 is 1.58. The summed E-state index contributed by atoms with van der Waals surface area (Å²) in [7, 11) is 0. The second kappa shape index (κ2) is 6.39. The Morgan fingerprint density at radius 2 is 2.25 bits per heavy atom. The number of thiophene rings is 1. The van der Waals surface area contributed by atoms with E-state index < -0.39 is 0 Å². The normalized spacial score (nSPS) is 20.2. The third kappa shape index (κ3) is 2.73. The Labute approximate surface area is 144 Å². The average Bonchev–Trinajstić information content (AvgIpc) is 3.33. The topological polar surface area (TPSA) is 69.3 Å². The fourth-order valence-corrected chi connectivity index (χ4v) is 4.35. The summed E-state index contributed by atoms with van der Waals surface area (Å²) in [5.74, 6) is 0.0899. The molecule has 1 atom stereocenters. The number of hydrogen-bond donors (Lipinski definition) is 1. The Morgan fingerprint density at radius 1 is 1.33 bits per heavy atom. The number of rotatable bonds is 3. The van der Waals surface area contributed by atoms with Crippen molar-refractivity contribution < 1.29 is 9.59 Å². The van der Waals surface area contributed by atoms with Crippen LogP contribution in [0.5, 0.6) is 0 Å². The molecule has 2 amide bonds. The summed E-state index contributed by atoms with van der Waals surface area (Å²) in [5.41, 5.74) is 1.90. The van der Waals surface area contributed by atoms with Crippen molar-refractivity contribution in [3.63, 3.8) is 0 Å². The largest absolute Gasteiger partial charge is 0.330 e. The fourth-order valence-electron chi connectivity index (χ4n) is 3.65. The van der Waals surface area contributed by atoms with E-state index in [2.05, 4.69) is 10.2 Å². The number of aromatic amines is 1. The molecule has 1 fully saturated rings. The predicted octanol–water partition coefficient (Wildman–Crippen LogP) is 1.98. The van der Waals surface area contributed by atoms with Crippen molar-refractivity contribution in [3.8, 4) is 0 Å². The zero-order valence-electron chi connectivity index (χ0n) is 13.4. The molecule has 2 aliphatic rings. The van der Waals surface area contributed by atoms with E-state index in [9.17, 15) is 9.59 Å². The predicted molar refractivity (Wildman–Crippen MR) is 92.0 cm³/mol. The van der Waals surface area contributed by atoms with Crippen LogP contribution in [0.3, 0.4) is 0 Å². The minimum absolute atomic E-state index is 0.0365. The van der Waals surface area contributed by atoms with Crippen molar-refractivity contribution in [2.75, 3.05) is 18.0 Å². The highest BCUT2D eigenvalue weighted by atomic mass is 32.1. The molecular weight excluding hydrogens is 324 g/mol. The van der Waals surface area contributed by atoms with Gasteiger partial charge in [0.15, 0.2) is 0 Å². The molecule has 4 rings (SSSR count). The molecule has 0 saturated carbocycles. The molecule has 2 aliphatic heterocycles.